The van der Waals surface area contributed by atoms with E-state index in [9.17, 15) is 4.79 Å². The summed E-state index contributed by atoms with van der Waals surface area (Å²) in [5.41, 5.74) is 2.86. The number of carbonyl (C=O) groups excluding carboxylic acids is 1. The highest BCUT2D eigenvalue weighted by Crippen LogP contribution is 2.22. The van der Waals surface area contributed by atoms with Crippen molar-refractivity contribution >= 4 is 5.91 Å². The Kier molecular flexibility index (Phi) is 5.87. The lowest BCUT2D eigenvalue weighted by molar-refractivity contribution is -0.147. The summed E-state index contributed by atoms with van der Waals surface area (Å²) in [6.07, 6.45) is 0.612. The zero-order valence-corrected chi connectivity index (χ0v) is 14.7. The van der Waals surface area contributed by atoms with Crippen molar-refractivity contribution in [1.29, 1.82) is 0 Å². The van der Waals surface area contributed by atoms with Gasteiger partial charge in [0.15, 0.2) is 6.10 Å². The maximum Gasteiger partial charge on any atom is 0.251 e. The minimum atomic E-state index is -0.464. The predicted octanol–water partition coefficient (Wildman–Crippen LogP) is 1.60. The number of nitrogens with zero attached hydrogens (tertiary/aromatic N) is 1. The standard InChI is InChI=1S/C19H28N2O3/c1-14(2)17(11-20-19(22)18-13-23-9-10-24-18)21-8-7-15-5-3-4-6-16(15)12-21/h3-6,14,17-18H,7-13H2,1-2H3,(H,20,22)/t17-,18+/m0/s1. The number of nitrogens with one attached hydrogen (secondary N) is 1. The number of hydrogen-bond donors (Lipinski definition) is 1. The summed E-state index contributed by atoms with van der Waals surface area (Å²) in [5.74, 6) is 0.414. The average molecular weight is 332 g/mol. The third-order valence-corrected chi connectivity index (χ3v) is 4.99. The molecule has 0 unspecified atom stereocenters. The maximum absolute atomic E-state index is 12.3. The molecule has 1 N–H and O–H groups in total. The zero-order valence-electron chi connectivity index (χ0n) is 14.7. The highest BCUT2D eigenvalue weighted by atomic mass is 16.6. The van der Waals surface area contributed by atoms with Crippen LogP contribution in [-0.4, -0.2) is 55.9 Å². The van der Waals surface area contributed by atoms with E-state index in [2.05, 4.69) is 48.3 Å². The van der Waals surface area contributed by atoms with Crippen molar-refractivity contribution in [1.82, 2.24) is 10.2 Å². The van der Waals surface area contributed by atoms with E-state index in [0.717, 1.165) is 19.5 Å². The Balaban J connectivity index is 1.58. The number of hydrogen-bond acceptors (Lipinski definition) is 4. The van der Waals surface area contributed by atoms with Gasteiger partial charge in [-0.2, -0.15) is 0 Å². The largest absolute Gasteiger partial charge is 0.376 e. The molecule has 3 rings (SSSR count). The number of ether oxygens (including phenoxy) is 2. The summed E-state index contributed by atoms with van der Waals surface area (Å²) in [6.45, 7) is 8.51. The van der Waals surface area contributed by atoms with Crippen molar-refractivity contribution in [3.8, 4) is 0 Å². The molecule has 0 aliphatic carbocycles. The van der Waals surface area contributed by atoms with Gasteiger partial charge in [-0.15, -0.1) is 0 Å². The zero-order chi connectivity index (χ0) is 16.9. The normalized spacial score (nSPS) is 22.9. The van der Waals surface area contributed by atoms with Gasteiger partial charge in [-0.3, -0.25) is 9.69 Å². The summed E-state index contributed by atoms with van der Waals surface area (Å²) >= 11 is 0. The fraction of sp³-hybridized carbons (Fsp3) is 0.632. The Morgan fingerprint density at radius 2 is 2.08 bits per heavy atom. The molecule has 0 spiro atoms. The molecule has 2 aliphatic heterocycles. The molecule has 132 valence electrons. The van der Waals surface area contributed by atoms with Gasteiger partial charge in [0.1, 0.15) is 0 Å². The van der Waals surface area contributed by atoms with Gasteiger partial charge in [-0.25, -0.2) is 0 Å². The van der Waals surface area contributed by atoms with E-state index in [1.165, 1.54) is 11.1 Å². The average Bonchev–Trinajstić information content (AvgIpc) is 2.62. The van der Waals surface area contributed by atoms with Crippen molar-refractivity contribution in [2.24, 2.45) is 5.92 Å². The van der Waals surface area contributed by atoms with E-state index in [4.69, 9.17) is 9.47 Å². The molecule has 5 nitrogen and oxygen atoms in total. The van der Waals surface area contributed by atoms with Crippen LogP contribution in [0.15, 0.2) is 24.3 Å². The lowest BCUT2D eigenvalue weighted by Gasteiger charge is -2.38. The summed E-state index contributed by atoms with van der Waals surface area (Å²) < 4.78 is 10.8. The smallest absolute Gasteiger partial charge is 0.251 e. The van der Waals surface area contributed by atoms with Gasteiger partial charge in [0.2, 0.25) is 0 Å². The van der Waals surface area contributed by atoms with Crippen molar-refractivity contribution in [3.63, 3.8) is 0 Å². The Morgan fingerprint density at radius 3 is 2.79 bits per heavy atom. The van der Waals surface area contributed by atoms with Gasteiger partial charge in [0.25, 0.3) is 5.91 Å². The second-order valence-corrected chi connectivity index (χ2v) is 6.98. The monoisotopic (exact) mass is 332 g/mol. The van der Waals surface area contributed by atoms with Crippen LogP contribution in [0.4, 0.5) is 0 Å². The SMILES string of the molecule is CC(C)[C@H](CNC(=O)[C@H]1COCCO1)N1CCc2ccccc2C1. The van der Waals surface area contributed by atoms with Crippen LogP contribution in [0, 0.1) is 5.92 Å². The van der Waals surface area contributed by atoms with Crippen LogP contribution >= 0.6 is 0 Å². The highest BCUT2D eigenvalue weighted by Gasteiger charge is 2.28. The van der Waals surface area contributed by atoms with Crippen LogP contribution in [-0.2, 0) is 27.2 Å². The minimum absolute atomic E-state index is 0.0576. The molecule has 1 aromatic carbocycles. The van der Waals surface area contributed by atoms with Crippen molar-refractivity contribution in [2.75, 3.05) is 32.9 Å². The number of rotatable bonds is 5. The molecule has 0 aromatic heterocycles. The first-order chi connectivity index (χ1) is 11.6. The molecular formula is C19H28N2O3. The molecular weight excluding hydrogens is 304 g/mol. The number of fused-ring (bicyclic) bond motifs is 1. The fourth-order valence-electron chi connectivity index (χ4n) is 3.55. The molecule has 1 amide bonds. The lowest BCUT2D eigenvalue weighted by atomic mass is 9.95. The first-order valence-corrected chi connectivity index (χ1v) is 8.93. The molecule has 24 heavy (non-hydrogen) atoms. The third-order valence-electron chi connectivity index (χ3n) is 4.99. The Hall–Kier alpha value is -1.43. The predicted molar refractivity (Wildman–Crippen MR) is 92.8 cm³/mol. The molecule has 0 bridgehead atoms. The minimum Gasteiger partial charge on any atom is -0.376 e. The van der Waals surface area contributed by atoms with Crippen molar-refractivity contribution < 1.29 is 14.3 Å². The van der Waals surface area contributed by atoms with E-state index < -0.39 is 6.10 Å². The van der Waals surface area contributed by atoms with E-state index >= 15 is 0 Å². The number of amides is 1. The van der Waals surface area contributed by atoms with E-state index in [-0.39, 0.29) is 5.91 Å². The Bertz CT molecular complexity index is 555. The molecule has 1 fully saturated rings. The Labute approximate surface area is 144 Å². The molecule has 5 heteroatoms. The van der Waals surface area contributed by atoms with E-state index in [1.54, 1.807) is 0 Å². The van der Waals surface area contributed by atoms with Crippen LogP contribution in [0.25, 0.3) is 0 Å². The first kappa shape index (κ1) is 17.4. The summed E-state index contributed by atoms with van der Waals surface area (Å²) in [6, 6.07) is 8.98. The van der Waals surface area contributed by atoms with Crippen LogP contribution in [0.3, 0.4) is 0 Å². The molecule has 2 aliphatic rings. The molecule has 0 radical (unpaired) electrons. The maximum atomic E-state index is 12.3. The van der Waals surface area contributed by atoms with Gasteiger partial charge in [0, 0.05) is 25.7 Å². The molecule has 0 saturated carbocycles. The van der Waals surface area contributed by atoms with Crippen LogP contribution in [0.5, 0.6) is 0 Å². The third kappa shape index (κ3) is 4.15. The first-order valence-electron chi connectivity index (χ1n) is 8.93. The molecule has 2 atom stereocenters. The topological polar surface area (TPSA) is 50.8 Å². The van der Waals surface area contributed by atoms with Crippen LogP contribution < -0.4 is 5.32 Å². The highest BCUT2D eigenvalue weighted by molar-refractivity contribution is 5.81. The van der Waals surface area contributed by atoms with Crippen molar-refractivity contribution in [3.05, 3.63) is 35.4 Å². The fourth-order valence-corrected chi connectivity index (χ4v) is 3.55. The molecule has 1 saturated heterocycles. The number of carbonyl (C=O) groups is 1. The van der Waals surface area contributed by atoms with Gasteiger partial charge in [-0.1, -0.05) is 38.1 Å². The van der Waals surface area contributed by atoms with Gasteiger partial charge >= 0.3 is 0 Å². The lowest BCUT2D eigenvalue weighted by Crippen LogP contribution is -2.51. The van der Waals surface area contributed by atoms with Gasteiger partial charge in [-0.05, 0) is 23.5 Å². The number of benzene rings is 1. The Morgan fingerprint density at radius 1 is 1.29 bits per heavy atom. The van der Waals surface area contributed by atoms with Crippen LogP contribution in [0.1, 0.15) is 25.0 Å². The van der Waals surface area contributed by atoms with E-state index in [0.29, 0.717) is 38.3 Å². The quantitative estimate of drug-likeness (QED) is 0.890. The van der Waals surface area contributed by atoms with E-state index in [1.807, 2.05) is 0 Å². The summed E-state index contributed by atoms with van der Waals surface area (Å²) in [7, 11) is 0. The van der Waals surface area contributed by atoms with Gasteiger partial charge < -0.3 is 14.8 Å². The van der Waals surface area contributed by atoms with Crippen LogP contribution in [0.2, 0.25) is 0 Å². The molecule has 2 heterocycles. The summed E-state index contributed by atoms with van der Waals surface area (Å²) in [5, 5.41) is 3.07. The molecule has 1 aromatic rings. The van der Waals surface area contributed by atoms with Gasteiger partial charge in [0.05, 0.1) is 19.8 Å². The summed E-state index contributed by atoms with van der Waals surface area (Å²) in [4.78, 5) is 14.8. The second kappa shape index (κ2) is 8.10. The second-order valence-electron chi connectivity index (χ2n) is 6.98. The van der Waals surface area contributed by atoms with Crippen molar-refractivity contribution in [2.45, 2.75) is 39.0 Å².